The average molecular weight is 495 g/mol. The molecule has 2 N–H and O–H groups in total. The Morgan fingerprint density at radius 1 is 1.19 bits per heavy atom. The third-order valence-electron chi connectivity index (χ3n) is 5.57. The lowest BCUT2D eigenvalue weighted by Gasteiger charge is -2.24. The Labute approximate surface area is 206 Å². The second-order valence-corrected chi connectivity index (χ2v) is 8.45. The molecule has 0 aliphatic rings. The van der Waals surface area contributed by atoms with E-state index in [2.05, 4.69) is 32.1 Å². The first-order valence-corrected chi connectivity index (χ1v) is 11.3. The molecule has 0 aliphatic heterocycles. The molecule has 1 aromatic carbocycles. The zero-order valence-electron chi connectivity index (χ0n) is 19.6. The van der Waals surface area contributed by atoms with Crippen molar-refractivity contribution in [1.29, 1.82) is 0 Å². The number of H-pyrrole nitrogens is 1. The number of halogens is 3. The minimum atomic E-state index is -1.22. The summed E-state index contributed by atoms with van der Waals surface area (Å²) < 4.78 is 41.3. The van der Waals surface area contributed by atoms with Crippen LogP contribution >= 0.6 is 0 Å². The van der Waals surface area contributed by atoms with Crippen molar-refractivity contribution in [3.05, 3.63) is 83.9 Å². The SMILES string of the molecule is C=NN(CC(=O)NC(Cc1cc(F)cc(F)c1)c1ncccc1-c1cnc2[nH]ccc2c1)CC(C)F. The highest BCUT2D eigenvalue weighted by Gasteiger charge is 2.23. The van der Waals surface area contributed by atoms with E-state index < -0.39 is 29.8 Å². The molecule has 0 saturated carbocycles. The summed E-state index contributed by atoms with van der Waals surface area (Å²) in [5, 5.41) is 8.68. The fraction of sp³-hybridized carbons (Fsp3) is 0.231. The van der Waals surface area contributed by atoms with E-state index in [0.717, 1.165) is 22.7 Å². The molecule has 0 spiro atoms. The van der Waals surface area contributed by atoms with Gasteiger partial charge in [0.15, 0.2) is 0 Å². The third-order valence-corrected chi connectivity index (χ3v) is 5.57. The monoisotopic (exact) mass is 494 g/mol. The van der Waals surface area contributed by atoms with Crippen LogP contribution in [0.25, 0.3) is 22.2 Å². The Balaban J connectivity index is 1.70. The van der Waals surface area contributed by atoms with Gasteiger partial charge in [-0.1, -0.05) is 6.07 Å². The van der Waals surface area contributed by atoms with Gasteiger partial charge in [0.25, 0.3) is 0 Å². The summed E-state index contributed by atoms with van der Waals surface area (Å²) in [4.78, 5) is 24.9. The van der Waals surface area contributed by atoms with E-state index in [0.29, 0.717) is 16.8 Å². The number of nitrogens with one attached hydrogen (secondary N) is 2. The number of hydrogen-bond donors (Lipinski definition) is 2. The first-order chi connectivity index (χ1) is 17.3. The minimum absolute atomic E-state index is 0.0608. The summed E-state index contributed by atoms with van der Waals surface area (Å²) in [6.45, 7) is 4.40. The van der Waals surface area contributed by atoms with Crippen molar-refractivity contribution in [3.63, 3.8) is 0 Å². The van der Waals surface area contributed by atoms with Gasteiger partial charge in [0.05, 0.1) is 18.3 Å². The molecule has 2 atom stereocenters. The summed E-state index contributed by atoms with van der Waals surface area (Å²) in [6, 6.07) is 9.86. The second-order valence-electron chi connectivity index (χ2n) is 8.45. The Kier molecular flexibility index (Phi) is 7.62. The van der Waals surface area contributed by atoms with Gasteiger partial charge in [-0.2, -0.15) is 5.10 Å². The molecule has 36 heavy (non-hydrogen) atoms. The van der Waals surface area contributed by atoms with E-state index >= 15 is 0 Å². The zero-order valence-corrected chi connectivity index (χ0v) is 19.6. The number of nitrogens with zero attached hydrogens (tertiary/aromatic N) is 4. The van der Waals surface area contributed by atoms with Crippen molar-refractivity contribution in [1.82, 2.24) is 25.3 Å². The summed E-state index contributed by atoms with van der Waals surface area (Å²) in [6.07, 6.45) is 3.89. The molecule has 4 rings (SSSR count). The highest BCUT2D eigenvalue weighted by atomic mass is 19.1. The lowest BCUT2D eigenvalue weighted by molar-refractivity contribution is -0.123. The number of aromatic nitrogens is 3. The maximum Gasteiger partial charge on any atom is 0.241 e. The fourth-order valence-electron chi connectivity index (χ4n) is 4.08. The zero-order chi connectivity index (χ0) is 25.7. The second kappa shape index (κ2) is 11.0. The Hall–Kier alpha value is -4.21. The maximum absolute atomic E-state index is 13.9. The maximum atomic E-state index is 13.9. The van der Waals surface area contributed by atoms with Gasteiger partial charge >= 0.3 is 0 Å². The van der Waals surface area contributed by atoms with Crippen LogP contribution in [0.15, 0.2) is 66.2 Å². The van der Waals surface area contributed by atoms with Crippen LogP contribution in [0, 0.1) is 11.6 Å². The number of hydrogen-bond acceptors (Lipinski definition) is 5. The van der Waals surface area contributed by atoms with Gasteiger partial charge in [-0.25, -0.2) is 18.2 Å². The highest BCUT2D eigenvalue weighted by molar-refractivity contribution is 5.82. The Morgan fingerprint density at radius 3 is 2.69 bits per heavy atom. The number of alkyl halides is 1. The average Bonchev–Trinajstić information content (AvgIpc) is 3.30. The number of fused-ring (bicyclic) bond motifs is 1. The number of carbonyl (C=O) groups excluding carboxylic acids is 1. The van der Waals surface area contributed by atoms with E-state index in [-0.39, 0.29) is 19.5 Å². The molecule has 0 fully saturated rings. The lowest BCUT2D eigenvalue weighted by atomic mass is 9.95. The number of carbonyl (C=O) groups is 1. The molecule has 0 radical (unpaired) electrons. The van der Waals surface area contributed by atoms with Gasteiger partial charge in [0, 0.05) is 47.9 Å². The molecule has 3 aromatic heterocycles. The largest absolute Gasteiger partial charge is 0.346 e. The Bertz CT molecular complexity index is 1350. The van der Waals surface area contributed by atoms with Crippen LogP contribution in [-0.2, 0) is 11.2 Å². The molecular formula is C26H25F3N6O. The van der Waals surface area contributed by atoms with Crippen molar-refractivity contribution in [3.8, 4) is 11.1 Å². The number of aromatic amines is 1. The molecule has 7 nitrogen and oxygen atoms in total. The highest BCUT2D eigenvalue weighted by Crippen LogP contribution is 2.30. The van der Waals surface area contributed by atoms with Crippen LogP contribution in [-0.4, -0.2) is 51.8 Å². The van der Waals surface area contributed by atoms with E-state index in [9.17, 15) is 18.0 Å². The summed E-state index contributed by atoms with van der Waals surface area (Å²) in [5.74, 6) is -1.92. The van der Waals surface area contributed by atoms with E-state index in [1.54, 1.807) is 24.7 Å². The Morgan fingerprint density at radius 2 is 1.97 bits per heavy atom. The van der Waals surface area contributed by atoms with E-state index in [4.69, 9.17) is 0 Å². The van der Waals surface area contributed by atoms with Gasteiger partial charge in [0.2, 0.25) is 5.91 Å². The molecule has 186 valence electrons. The summed E-state index contributed by atoms with van der Waals surface area (Å²) in [5.41, 5.74) is 3.01. The molecule has 3 heterocycles. The van der Waals surface area contributed by atoms with Crippen LogP contribution in [0.5, 0.6) is 0 Å². The lowest BCUT2D eigenvalue weighted by Crippen LogP contribution is -2.39. The smallest absolute Gasteiger partial charge is 0.241 e. The van der Waals surface area contributed by atoms with Crippen LogP contribution in [0.1, 0.15) is 24.2 Å². The van der Waals surface area contributed by atoms with Crippen LogP contribution in [0.2, 0.25) is 0 Å². The predicted octanol–water partition coefficient (Wildman–Crippen LogP) is 4.58. The quantitative estimate of drug-likeness (QED) is 0.250. The molecular weight excluding hydrogens is 469 g/mol. The van der Waals surface area contributed by atoms with E-state index in [1.807, 2.05) is 18.2 Å². The molecule has 10 heteroatoms. The molecule has 0 saturated heterocycles. The van der Waals surface area contributed by atoms with Crippen molar-refractivity contribution >= 4 is 23.7 Å². The molecule has 0 bridgehead atoms. The topological polar surface area (TPSA) is 86.3 Å². The number of rotatable bonds is 10. The molecule has 4 aromatic rings. The fourth-order valence-corrected chi connectivity index (χ4v) is 4.08. The van der Waals surface area contributed by atoms with Gasteiger partial charge < -0.3 is 10.3 Å². The molecule has 2 unspecified atom stereocenters. The summed E-state index contributed by atoms with van der Waals surface area (Å²) in [7, 11) is 0. The first-order valence-electron chi connectivity index (χ1n) is 11.3. The normalized spacial score (nSPS) is 12.8. The van der Waals surface area contributed by atoms with Crippen molar-refractivity contribution < 1.29 is 18.0 Å². The van der Waals surface area contributed by atoms with E-state index in [1.165, 1.54) is 24.1 Å². The minimum Gasteiger partial charge on any atom is -0.346 e. The number of amides is 1. The molecule has 0 aliphatic carbocycles. The number of pyridine rings is 2. The molecule has 1 amide bonds. The van der Waals surface area contributed by atoms with Crippen molar-refractivity contribution in [2.45, 2.75) is 25.6 Å². The van der Waals surface area contributed by atoms with Crippen molar-refractivity contribution in [2.24, 2.45) is 5.10 Å². The van der Waals surface area contributed by atoms with Crippen LogP contribution < -0.4 is 5.32 Å². The van der Waals surface area contributed by atoms with Gasteiger partial charge in [0.1, 0.15) is 30.0 Å². The summed E-state index contributed by atoms with van der Waals surface area (Å²) >= 11 is 0. The third kappa shape index (κ3) is 6.07. The number of hydrazone groups is 1. The van der Waals surface area contributed by atoms with Crippen LogP contribution in [0.4, 0.5) is 13.2 Å². The first kappa shape index (κ1) is 24.9. The van der Waals surface area contributed by atoms with Gasteiger partial charge in [-0.05, 0) is 49.2 Å². The van der Waals surface area contributed by atoms with Crippen molar-refractivity contribution in [2.75, 3.05) is 13.1 Å². The van der Waals surface area contributed by atoms with Crippen LogP contribution in [0.3, 0.4) is 0 Å². The predicted molar refractivity (Wildman–Crippen MR) is 132 cm³/mol. The number of benzene rings is 1. The van der Waals surface area contributed by atoms with Gasteiger partial charge in [-0.15, -0.1) is 0 Å². The van der Waals surface area contributed by atoms with Gasteiger partial charge in [-0.3, -0.25) is 14.8 Å². The standard InChI is InChI=1S/C26H25F3N6O/c1-16(27)14-35(30-2)15-24(36)34-23(10-17-8-20(28)12-21(29)9-17)25-22(4-3-6-31-25)19-11-18-5-7-32-26(18)33-13-19/h3-9,11-13,16,23H,2,10,14-15H2,1H3,(H,32,33)(H,34,36).